The summed E-state index contributed by atoms with van der Waals surface area (Å²) in [4.78, 5) is 22.5. The minimum absolute atomic E-state index is 0.0857. The summed E-state index contributed by atoms with van der Waals surface area (Å²) in [5.74, 6) is 0.926. The number of carbonyl (C=O) groups is 1. The van der Waals surface area contributed by atoms with E-state index in [4.69, 9.17) is 4.74 Å². The fourth-order valence-electron chi connectivity index (χ4n) is 2.54. The molecule has 0 radical (unpaired) electrons. The van der Waals surface area contributed by atoms with E-state index >= 15 is 0 Å². The second-order valence-electron chi connectivity index (χ2n) is 5.55. The predicted molar refractivity (Wildman–Crippen MR) is 76.2 cm³/mol. The lowest BCUT2D eigenvalue weighted by Crippen LogP contribution is -2.34. The molecule has 110 valence electrons. The van der Waals surface area contributed by atoms with Crippen LogP contribution in [0.5, 0.6) is 0 Å². The summed E-state index contributed by atoms with van der Waals surface area (Å²) in [5, 5.41) is 0. The van der Waals surface area contributed by atoms with Gasteiger partial charge in [0.2, 0.25) is 5.91 Å². The molecule has 0 N–H and O–H groups in total. The molecular weight excluding hydrogens is 254 g/mol. The summed E-state index contributed by atoms with van der Waals surface area (Å²) in [6.07, 6.45) is 7.42. The number of likely N-dealkylation sites (tertiary alicyclic amines) is 1. The van der Waals surface area contributed by atoms with Gasteiger partial charge in [-0.25, -0.2) is 9.97 Å². The van der Waals surface area contributed by atoms with E-state index in [9.17, 15) is 4.79 Å². The van der Waals surface area contributed by atoms with Crippen LogP contribution in [0.4, 0.5) is 0 Å². The minimum Gasteiger partial charge on any atom is -0.378 e. The first kappa shape index (κ1) is 14.9. The SMILES string of the molecule is COC1(C)CCCN(C(=O)CCc2ncccn2)CC1. The third-order valence-electron chi connectivity index (χ3n) is 4.07. The largest absolute Gasteiger partial charge is 0.378 e. The molecule has 0 aromatic carbocycles. The fourth-order valence-corrected chi connectivity index (χ4v) is 2.54. The monoisotopic (exact) mass is 277 g/mol. The van der Waals surface area contributed by atoms with Gasteiger partial charge in [-0.3, -0.25) is 4.79 Å². The van der Waals surface area contributed by atoms with Crippen LogP contribution in [-0.4, -0.2) is 46.6 Å². The van der Waals surface area contributed by atoms with Crippen LogP contribution in [0.3, 0.4) is 0 Å². The molecule has 20 heavy (non-hydrogen) atoms. The molecule has 1 aliphatic rings. The Labute approximate surface area is 120 Å². The number of amides is 1. The van der Waals surface area contributed by atoms with Gasteiger partial charge in [-0.15, -0.1) is 0 Å². The summed E-state index contributed by atoms with van der Waals surface area (Å²) in [7, 11) is 1.75. The van der Waals surface area contributed by atoms with Gasteiger partial charge in [0.1, 0.15) is 5.82 Å². The number of nitrogens with zero attached hydrogens (tertiary/aromatic N) is 3. The van der Waals surface area contributed by atoms with Crippen molar-refractivity contribution >= 4 is 5.91 Å². The number of aromatic nitrogens is 2. The Morgan fingerprint density at radius 2 is 2.10 bits per heavy atom. The Kier molecular flexibility index (Phi) is 5.06. The van der Waals surface area contributed by atoms with Crippen LogP contribution in [0.15, 0.2) is 18.5 Å². The maximum Gasteiger partial charge on any atom is 0.223 e. The predicted octanol–water partition coefficient (Wildman–Crippen LogP) is 1.83. The van der Waals surface area contributed by atoms with Crippen LogP contribution < -0.4 is 0 Å². The van der Waals surface area contributed by atoms with Gasteiger partial charge in [-0.05, 0) is 32.3 Å². The lowest BCUT2D eigenvalue weighted by atomic mass is 9.97. The normalized spacial score (nSPS) is 23.4. The quantitative estimate of drug-likeness (QED) is 0.842. The summed E-state index contributed by atoms with van der Waals surface area (Å²) < 4.78 is 5.56. The number of hydrogen-bond acceptors (Lipinski definition) is 4. The van der Waals surface area contributed by atoms with E-state index < -0.39 is 0 Å². The number of ether oxygens (including phenoxy) is 1. The smallest absolute Gasteiger partial charge is 0.223 e. The molecule has 1 atom stereocenters. The molecule has 1 saturated heterocycles. The van der Waals surface area contributed by atoms with Gasteiger partial charge in [0.25, 0.3) is 0 Å². The van der Waals surface area contributed by atoms with Gasteiger partial charge in [0.15, 0.2) is 0 Å². The number of hydrogen-bond donors (Lipinski definition) is 0. The van der Waals surface area contributed by atoms with E-state index in [-0.39, 0.29) is 11.5 Å². The van der Waals surface area contributed by atoms with Crippen molar-refractivity contribution in [1.82, 2.24) is 14.9 Å². The maximum absolute atomic E-state index is 12.3. The number of aryl methyl sites for hydroxylation is 1. The van der Waals surface area contributed by atoms with Crippen LogP contribution >= 0.6 is 0 Å². The molecule has 1 unspecified atom stereocenters. The van der Waals surface area contributed by atoms with Crippen molar-refractivity contribution in [3.63, 3.8) is 0 Å². The Balaban J connectivity index is 1.84. The van der Waals surface area contributed by atoms with Crippen LogP contribution in [-0.2, 0) is 16.0 Å². The van der Waals surface area contributed by atoms with E-state index in [1.807, 2.05) is 4.90 Å². The van der Waals surface area contributed by atoms with Crippen LogP contribution in [0.25, 0.3) is 0 Å². The Hall–Kier alpha value is -1.49. The van der Waals surface area contributed by atoms with Crippen molar-refractivity contribution in [1.29, 1.82) is 0 Å². The molecule has 5 nitrogen and oxygen atoms in total. The van der Waals surface area contributed by atoms with Crippen molar-refractivity contribution in [2.24, 2.45) is 0 Å². The van der Waals surface area contributed by atoms with E-state index in [1.54, 1.807) is 25.6 Å². The van der Waals surface area contributed by atoms with Crippen molar-refractivity contribution in [3.8, 4) is 0 Å². The number of carbonyl (C=O) groups excluding carboxylic acids is 1. The lowest BCUT2D eigenvalue weighted by molar-refractivity contribution is -0.131. The van der Waals surface area contributed by atoms with Gasteiger partial charge in [-0.2, -0.15) is 0 Å². The molecule has 2 rings (SSSR count). The highest BCUT2D eigenvalue weighted by atomic mass is 16.5. The molecule has 0 bridgehead atoms. The third kappa shape index (κ3) is 4.00. The molecule has 2 heterocycles. The van der Waals surface area contributed by atoms with E-state index in [2.05, 4.69) is 16.9 Å². The first-order chi connectivity index (χ1) is 9.63. The van der Waals surface area contributed by atoms with Gasteiger partial charge in [-0.1, -0.05) is 0 Å². The second kappa shape index (κ2) is 6.79. The standard InChI is InChI=1S/C15H23N3O2/c1-15(20-2)7-3-11-18(12-8-15)14(19)6-5-13-16-9-4-10-17-13/h4,9-10H,3,5-8,11-12H2,1-2H3. The lowest BCUT2D eigenvalue weighted by Gasteiger charge is -2.26. The van der Waals surface area contributed by atoms with Crippen LogP contribution in [0.1, 0.15) is 38.4 Å². The molecular formula is C15H23N3O2. The van der Waals surface area contributed by atoms with E-state index in [0.717, 1.165) is 38.2 Å². The number of rotatable bonds is 4. The van der Waals surface area contributed by atoms with Crippen LogP contribution in [0, 0.1) is 0 Å². The molecule has 5 heteroatoms. The Morgan fingerprint density at radius 1 is 1.35 bits per heavy atom. The summed E-state index contributed by atoms with van der Waals surface area (Å²) in [5.41, 5.74) is -0.0857. The molecule has 0 spiro atoms. The summed E-state index contributed by atoms with van der Waals surface area (Å²) >= 11 is 0. The molecule has 0 saturated carbocycles. The molecule has 1 amide bonds. The first-order valence-corrected chi connectivity index (χ1v) is 7.22. The second-order valence-corrected chi connectivity index (χ2v) is 5.55. The zero-order chi connectivity index (χ0) is 14.4. The average Bonchev–Trinajstić information content (AvgIpc) is 2.69. The van der Waals surface area contributed by atoms with Crippen molar-refractivity contribution in [2.45, 2.75) is 44.6 Å². The Morgan fingerprint density at radius 3 is 2.80 bits per heavy atom. The fraction of sp³-hybridized carbons (Fsp3) is 0.667. The minimum atomic E-state index is -0.0857. The number of methoxy groups -OCH3 is 1. The Bertz CT molecular complexity index is 438. The molecule has 1 fully saturated rings. The van der Waals surface area contributed by atoms with Crippen molar-refractivity contribution < 1.29 is 9.53 Å². The van der Waals surface area contributed by atoms with Gasteiger partial charge in [0.05, 0.1) is 5.60 Å². The topological polar surface area (TPSA) is 55.3 Å². The zero-order valence-electron chi connectivity index (χ0n) is 12.3. The van der Waals surface area contributed by atoms with Crippen molar-refractivity contribution in [3.05, 3.63) is 24.3 Å². The highest BCUT2D eigenvalue weighted by Crippen LogP contribution is 2.25. The summed E-state index contributed by atoms with van der Waals surface area (Å²) in [6, 6.07) is 1.78. The average molecular weight is 277 g/mol. The van der Waals surface area contributed by atoms with Crippen molar-refractivity contribution in [2.75, 3.05) is 20.2 Å². The highest BCUT2D eigenvalue weighted by Gasteiger charge is 2.28. The summed E-state index contributed by atoms with van der Waals surface area (Å²) in [6.45, 7) is 3.73. The molecule has 1 aliphatic heterocycles. The van der Waals surface area contributed by atoms with Crippen LogP contribution in [0.2, 0.25) is 0 Å². The molecule has 1 aromatic rings. The first-order valence-electron chi connectivity index (χ1n) is 7.22. The molecule has 1 aromatic heterocycles. The highest BCUT2D eigenvalue weighted by molar-refractivity contribution is 5.76. The van der Waals surface area contributed by atoms with E-state index in [1.165, 1.54) is 0 Å². The van der Waals surface area contributed by atoms with Gasteiger partial charge in [0, 0.05) is 45.4 Å². The molecule has 0 aliphatic carbocycles. The third-order valence-corrected chi connectivity index (χ3v) is 4.07. The van der Waals surface area contributed by atoms with Gasteiger partial charge >= 0.3 is 0 Å². The zero-order valence-corrected chi connectivity index (χ0v) is 12.3. The van der Waals surface area contributed by atoms with E-state index in [0.29, 0.717) is 12.8 Å². The maximum atomic E-state index is 12.3. The van der Waals surface area contributed by atoms with Gasteiger partial charge < -0.3 is 9.64 Å².